The second-order valence-electron chi connectivity index (χ2n) is 3.02. The van der Waals surface area contributed by atoms with E-state index >= 15 is 0 Å². The van der Waals surface area contributed by atoms with Crippen LogP contribution in [0.15, 0.2) is 35.5 Å². The van der Waals surface area contributed by atoms with Crippen molar-refractivity contribution in [1.82, 2.24) is 9.97 Å². The summed E-state index contributed by atoms with van der Waals surface area (Å²) in [7, 11) is 0. The van der Waals surface area contributed by atoms with E-state index in [1.165, 1.54) is 0 Å². The van der Waals surface area contributed by atoms with Crippen molar-refractivity contribution in [1.29, 1.82) is 0 Å². The minimum atomic E-state index is 0.0659. The van der Waals surface area contributed by atoms with Crippen LogP contribution in [0.4, 0.5) is 0 Å². The van der Waals surface area contributed by atoms with E-state index in [-0.39, 0.29) is 5.43 Å². The Kier molecular flexibility index (Phi) is 1.46. The molecule has 3 rings (SSSR count). The molecule has 3 aromatic rings. The van der Waals surface area contributed by atoms with Crippen molar-refractivity contribution >= 4 is 31.6 Å². The van der Waals surface area contributed by atoms with Crippen molar-refractivity contribution in [2.45, 2.75) is 0 Å². The predicted molar refractivity (Wildman–Crippen MR) is 57.7 cm³/mol. The van der Waals surface area contributed by atoms with Crippen LogP contribution in [0.1, 0.15) is 0 Å². The molecule has 0 saturated heterocycles. The van der Waals surface area contributed by atoms with Gasteiger partial charge in [-0.1, -0.05) is 6.07 Å². The molecule has 0 spiro atoms. The predicted octanol–water partition coefficient (Wildman–Crippen LogP) is 2.14. The Morgan fingerprint density at radius 3 is 3.14 bits per heavy atom. The molecule has 0 bridgehead atoms. The van der Waals surface area contributed by atoms with Gasteiger partial charge in [0.25, 0.3) is 0 Å². The summed E-state index contributed by atoms with van der Waals surface area (Å²) >= 11 is 1.58. The van der Waals surface area contributed by atoms with Crippen LogP contribution in [0.2, 0.25) is 0 Å². The Balaban J connectivity index is 2.73. The van der Waals surface area contributed by atoms with Crippen LogP contribution < -0.4 is 5.43 Å². The normalized spacial score (nSPS) is 11.1. The van der Waals surface area contributed by atoms with Gasteiger partial charge in [0.1, 0.15) is 0 Å². The Morgan fingerprint density at radius 2 is 2.21 bits per heavy atom. The summed E-state index contributed by atoms with van der Waals surface area (Å²) in [6.07, 6.45) is 3.37. The molecule has 0 fully saturated rings. The van der Waals surface area contributed by atoms with Gasteiger partial charge in [-0.15, -0.1) is 11.3 Å². The Bertz CT molecular complexity index is 668. The Morgan fingerprint density at radius 1 is 1.29 bits per heavy atom. The average molecular weight is 202 g/mol. The summed E-state index contributed by atoms with van der Waals surface area (Å²) in [5.74, 6) is 0. The highest BCUT2D eigenvalue weighted by Crippen LogP contribution is 2.28. The molecule has 4 heteroatoms. The molecule has 1 N–H and O–H groups in total. The third-order valence-corrected chi connectivity index (χ3v) is 3.27. The molecule has 2 heterocycles. The van der Waals surface area contributed by atoms with E-state index in [2.05, 4.69) is 9.97 Å². The quantitative estimate of drug-likeness (QED) is 0.607. The number of nitrogens with one attached hydrogen (secondary N) is 1. The molecule has 14 heavy (non-hydrogen) atoms. The first-order valence-corrected chi connectivity index (χ1v) is 5.02. The number of rotatable bonds is 0. The molecule has 0 unspecified atom stereocenters. The summed E-state index contributed by atoms with van der Waals surface area (Å²) in [6, 6.07) is 5.32. The van der Waals surface area contributed by atoms with Crippen LogP contribution in [0, 0.1) is 0 Å². The Hall–Kier alpha value is -1.68. The molecule has 0 aliphatic carbocycles. The first-order chi connectivity index (χ1) is 6.86. The average Bonchev–Trinajstić information content (AvgIpc) is 2.57. The number of thiophene rings is 1. The molecule has 0 saturated carbocycles. The van der Waals surface area contributed by atoms with Gasteiger partial charge in [-0.3, -0.25) is 4.79 Å². The van der Waals surface area contributed by atoms with Crippen LogP contribution in [0.25, 0.3) is 20.3 Å². The molecule has 0 aliphatic heterocycles. The van der Waals surface area contributed by atoms with Crippen LogP contribution in [-0.4, -0.2) is 9.97 Å². The lowest BCUT2D eigenvalue weighted by atomic mass is 10.2. The fourth-order valence-electron chi connectivity index (χ4n) is 1.58. The molecular formula is C10H6N2OS. The summed E-state index contributed by atoms with van der Waals surface area (Å²) in [6.45, 7) is 0. The minimum absolute atomic E-state index is 0.0659. The van der Waals surface area contributed by atoms with Crippen LogP contribution in [-0.2, 0) is 0 Å². The van der Waals surface area contributed by atoms with E-state index in [0.717, 1.165) is 20.3 Å². The van der Waals surface area contributed by atoms with E-state index in [4.69, 9.17) is 0 Å². The smallest absolute Gasteiger partial charge is 0.189 e. The molecule has 3 nitrogen and oxygen atoms in total. The monoisotopic (exact) mass is 202 g/mol. The van der Waals surface area contributed by atoms with Crippen molar-refractivity contribution in [3.63, 3.8) is 0 Å². The van der Waals surface area contributed by atoms with Crippen molar-refractivity contribution in [3.8, 4) is 0 Å². The number of hydrogen-bond donors (Lipinski definition) is 1. The zero-order valence-corrected chi connectivity index (χ0v) is 7.97. The number of nitrogens with zero attached hydrogens (tertiary/aromatic N) is 1. The third kappa shape index (κ3) is 0.914. The highest BCUT2D eigenvalue weighted by Gasteiger charge is 2.06. The molecule has 1 aromatic carbocycles. The van der Waals surface area contributed by atoms with Crippen molar-refractivity contribution in [2.75, 3.05) is 0 Å². The van der Waals surface area contributed by atoms with Crippen LogP contribution in [0.3, 0.4) is 0 Å². The van der Waals surface area contributed by atoms with E-state index < -0.39 is 0 Å². The highest BCUT2D eigenvalue weighted by molar-refractivity contribution is 7.25. The van der Waals surface area contributed by atoms with Gasteiger partial charge in [0.05, 0.1) is 21.9 Å². The highest BCUT2D eigenvalue weighted by atomic mass is 32.1. The van der Waals surface area contributed by atoms with Crippen LogP contribution in [0.5, 0.6) is 0 Å². The number of aromatic nitrogens is 2. The van der Waals surface area contributed by atoms with Crippen LogP contribution >= 0.6 is 11.3 Å². The maximum atomic E-state index is 11.6. The second-order valence-corrected chi connectivity index (χ2v) is 4.11. The molecule has 0 amide bonds. The van der Waals surface area contributed by atoms with E-state index in [1.54, 1.807) is 36.0 Å². The van der Waals surface area contributed by atoms with Gasteiger partial charge in [-0.05, 0) is 12.1 Å². The lowest BCUT2D eigenvalue weighted by Crippen LogP contribution is -1.96. The molecule has 68 valence electrons. The summed E-state index contributed by atoms with van der Waals surface area (Å²) in [4.78, 5) is 18.6. The number of fused-ring (bicyclic) bond motifs is 3. The fraction of sp³-hybridized carbons (Fsp3) is 0. The lowest BCUT2D eigenvalue weighted by molar-refractivity contribution is 1.23. The molecule has 0 atom stereocenters. The summed E-state index contributed by atoms with van der Waals surface area (Å²) < 4.78 is 2.03. The molecule has 0 aliphatic rings. The standard InChI is InChI=1S/C10H6N2OS/c13-6-2-1-3-7-9(6)10-8(14-7)4-11-5-12-10/h1-5H,(H,11,12). The van der Waals surface area contributed by atoms with Crippen molar-refractivity contribution < 1.29 is 0 Å². The molecular weight excluding hydrogens is 196 g/mol. The van der Waals surface area contributed by atoms with Gasteiger partial charge in [-0.25, -0.2) is 4.98 Å². The van der Waals surface area contributed by atoms with Crippen molar-refractivity contribution in [2.24, 2.45) is 0 Å². The third-order valence-electron chi connectivity index (χ3n) is 2.18. The first-order valence-electron chi connectivity index (χ1n) is 4.20. The largest absolute Gasteiger partial charge is 0.345 e. The van der Waals surface area contributed by atoms with Gasteiger partial charge in [0, 0.05) is 10.9 Å². The number of hydrogen-bond acceptors (Lipinski definition) is 3. The summed E-state index contributed by atoms with van der Waals surface area (Å²) in [5.41, 5.74) is 0.960. The zero-order valence-electron chi connectivity index (χ0n) is 7.15. The number of benzene rings is 1. The second kappa shape index (κ2) is 2.65. The Labute approximate surface area is 83.0 Å². The number of aromatic amines is 1. The van der Waals surface area contributed by atoms with E-state index in [0.29, 0.717) is 0 Å². The maximum Gasteiger partial charge on any atom is 0.189 e. The van der Waals surface area contributed by atoms with E-state index in [9.17, 15) is 4.79 Å². The number of H-pyrrole nitrogens is 1. The van der Waals surface area contributed by atoms with Gasteiger partial charge in [-0.2, -0.15) is 0 Å². The van der Waals surface area contributed by atoms with Gasteiger partial charge in [0.2, 0.25) is 0 Å². The van der Waals surface area contributed by atoms with Gasteiger partial charge in [0.15, 0.2) is 5.43 Å². The topological polar surface area (TPSA) is 45.8 Å². The first kappa shape index (κ1) is 7.70. The minimum Gasteiger partial charge on any atom is -0.345 e. The zero-order chi connectivity index (χ0) is 9.54. The van der Waals surface area contributed by atoms with Crippen molar-refractivity contribution in [3.05, 3.63) is 40.9 Å². The van der Waals surface area contributed by atoms with Gasteiger partial charge >= 0.3 is 0 Å². The molecule has 2 aromatic heterocycles. The van der Waals surface area contributed by atoms with E-state index in [1.807, 2.05) is 6.07 Å². The SMILES string of the molecule is O=c1cccc2sc3cnc[nH]c3c12. The fourth-order valence-corrected chi connectivity index (χ4v) is 2.64. The lowest BCUT2D eigenvalue weighted by Gasteiger charge is -1.88. The maximum absolute atomic E-state index is 11.6. The summed E-state index contributed by atoms with van der Waals surface area (Å²) in [5, 5.41) is 0.773. The molecule has 0 radical (unpaired) electrons. The van der Waals surface area contributed by atoms with Gasteiger partial charge < -0.3 is 4.98 Å².